The largest absolute Gasteiger partial charge is 0.483 e. The summed E-state index contributed by atoms with van der Waals surface area (Å²) in [7, 11) is 0. The van der Waals surface area contributed by atoms with Crippen LogP contribution < -0.4 is 10.6 Å². The SMILES string of the molecule is C#CCNC1(C)CCNCC1.O=CO. The molecule has 0 spiro atoms. The Labute approximate surface area is 85.1 Å². The van der Waals surface area contributed by atoms with E-state index >= 15 is 0 Å². The second kappa shape index (κ2) is 7.36. The van der Waals surface area contributed by atoms with E-state index in [9.17, 15) is 0 Å². The Balaban J connectivity index is 0.000000500. The van der Waals surface area contributed by atoms with Gasteiger partial charge in [0.2, 0.25) is 0 Å². The molecule has 1 rings (SSSR count). The monoisotopic (exact) mass is 198 g/mol. The second-order valence-electron chi connectivity index (χ2n) is 3.47. The topological polar surface area (TPSA) is 61.4 Å². The Bertz CT molecular complexity index is 193. The average Bonchev–Trinajstić information content (AvgIpc) is 2.17. The molecule has 0 unspecified atom stereocenters. The molecular weight excluding hydrogens is 180 g/mol. The Hall–Kier alpha value is -1.05. The molecule has 3 N–H and O–H groups in total. The molecule has 0 aliphatic carbocycles. The van der Waals surface area contributed by atoms with Crippen LogP contribution in [0.5, 0.6) is 0 Å². The number of piperidine rings is 1. The normalized spacial score (nSPS) is 18.6. The third-order valence-corrected chi connectivity index (χ3v) is 2.32. The molecule has 0 aromatic rings. The molecule has 0 saturated carbocycles. The van der Waals surface area contributed by atoms with Crippen molar-refractivity contribution in [1.82, 2.24) is 10.6 Å². The highest BCUT2D eigenvalue weighted by Crippen LogP contribution is 2.16. The predicted octanol–water partition coefficient (Wildman–Crippen LogP) is 0.0521. The molecule has 14 heavy (non-hydrogen) atoms. The number of hydrogen-bond acceptors (Lipinski definition) is 3. The van der Waals surface area contributed by atoms with Crippen molar-refractivity contribution in [1.29, 1.82) is 0 Å². The molecule has 1 heterocycles. The molecule has 80 valence electrons. The maximum Gasteiger partial charge on any atom is 0.290 e. The van der Waals surface area contributed by atoms with Gasteiger partial charge in [0.15, 0.2) is 0 Å². The highest BCUT2D eigenvalue weighted by molar-refractivity contribution is 5.32. The van der Waals surface area contributed by atoms with Gasteiger partial charge in [0, 0.05) is 5.54 Å². The fourth-order valence-electron chi connectivity index (χ4n) is 1.42. The van der Waals surface area contributed by atoms with Crippen molar-refractivity contribution in [2.45, 2.75) is 25.3 Å². The summed E-state index contributed by atoms with van der Waals surface area (Å²) >= 11 is 0. The van der Waals surface area contributed by atoms with Gasteiger partial charge < -0.3 is 15.7 Å². The molecule has 1 aliphatic rings. The maximum atomic E-state index is 8.36. The first kappa shape index (κ1) is 12.9. The third-order valence-electron chi connectivity index (χ3n) is 2.32. The lowest BCUT2D eigenvalue weighted by Gasteiger charge is -2.34. The zero-order valence-corrected chi connectivity index (χ0v) is 8.55. The van der Waals surface area contributed by atoms with Crippen LogP contribution in [0.4, 0.5) is 0 Å². The van der Waals surface area contributed by atoms with E-state index < -0.39 is 0 Å². The number of hydrogen-bond donors (Lipinski definition) is 3. The zero-order chi connectivity index (χ0) is 10.9. The maximum absolute atomic E-state index is 8.36. The van der Waals surface area contributed by atoms with Gasteiger partial charge in [0.1, 0.15) is 0 Å². The Morgan fingerprint density at radius 2 is 2.14 bits per heavy atom. The summed E-state index contributed by atoms with van der Waals surface area (Å²) in [5, 5.41) is 13.6. The number of nitrogens with one attached hydrogen (secondary N) is 2. The van der Waals surface area contributed by atoms with Crippen LogP contribution in [0.2, 0.25) is 0 Å². The van der Waals surface area contributed by atoms with Gasteiger partial charge in [-0.1, -0.05) is 5.92 Å². The predicted molar refractivity (Wildman–Crippen MR) is 56.0 cm³/mol. The molecule has 1 fully saturated rings. The van der Waals surface area contributed by atoms with Crippen molar-refractivity contribution in [3.05, 3.63) is 0 Å². The van der Waals surface area contributed by atoms with E-state index in [1.165, 1.54) is 12.8 Å². The first-order valence-corrected chi connectivity index (χ1v) is 4.65. The minimum Gasteiger partial charge on any atom is -0.483 e. The highest BCUT2D eigenvalue weighted by atomic mass is 16.3. The summed E-state index contributed by atoms with van der Waals surface area (Å²) in [6.07, 6.45) is 7.53. The van der Waals surface area contributed by atoms with Gasteiger partial charge in [-0.15, -0.1) is 6.42 Å². The Morgan fingerprint density at radius 3 is 2.57 bits per heavy atom. The first-order chi connectivity index (χ1) is 6.68. The van der Waals surface area contributed by atoms with Gasteiger partial charge in [0.25, 0.3) is 6.47 Å². The number of rotatable bonds is 2. The zero-order valence-electron chi connectivity index (χ0n) is 8.55. The molecule has 0 aromatic carbocycles. The van der Waals surface area contributed by atoms with E-state index in [1.807, 2.05) is 0 Å². The number of carbonyl (C=O) groups is 1. The lowest BCUT2D eigenvalue weighted by atomic mass is 9.91. The van der Waals surface area contributed by atoms with Crippen molar-refractivity contribution in [3.63, 3.8) is 0 Å². The van der Waals surface area contributed by atoms with Crippen molar-refractivity contribution in [3.8, 4) is 12.3 Å². The van der Waals surface area contributed by atoms with Gasteiger partial charge in [-0.2, -0.15) is 0 Å². The smallest absolute Gasteiger partial charge is 0.290 e. The van der Waals surface area contributed by atoms with Gasteiger partial charge in [0.05, 0.1) is 6.54 Å². The van der Waals surface area contributed by atoms with Crippen LogP contribution in [0.3, 0.4) is 0 Å². The molecule has 0 bridgehead atoms. The molecule has 0 amide bonds. The van der Waals surface area contributed by atoms with Crippen LogP contribution in [0, 0.1) is 12.3 Å². The summed E-state index contributed by atoms with van der Waals surface area (Å²) in [5.74, 6) is 2.61. The van der Waals surface area contributed by atoms with Crippen LogP contribution in [0.25, 0.3) is 0 Å². The quantitative estimate of drug-likeness (QED) is 0.433. The lowest BCUT2D eigenvalue weighted by molar-refractivity contribution is -0.122. The van der Waals surface area contributed by atoms with Crippen molar-refractivity contribution >= 4 is 6.47 Å². The molecule has 1 saturated heterocycles. The van der Waals surface area contributed by atoms with Crippen molar-refractivity contribution in [2.75, 3.05) is 19.6 Å². The third kappa shape index (κ3) is 5.57. The van der Waals surface area contributed by atoms with Gasteiger partial charge >= 0.3 is 0 Å². The molecule has 1 aliphatic heterocycles. The van der Waals surface area contributed by atoms with Gasteiger partial charge in [-0.3, -0.25) is 4.79 Å². The summed E-state index contributed by atoms with van der Waals surface area (Å²) in [6, 6.07) is 0. The molecule has 0 atom stereocenters. The minimum absolute atomic E-state index is 0.250. The van der Waals surface area contributed by atoms with E-state index in [0.717, 1.165) is 13.1 Å². The molecule has 0 aromatic heterocycles. The molecule has 4 heteroatoms. The van der Waals surface area contributed by atoms with Crippen LogP contribution >= 0.6 is 0 Å². The standard InChI is InChI=1S/C9H16N2.CH2O2/c1-3-6-11-9(2)4-7-10-8-5-9;2-1-3/h1,10-11H,4-8H2,2H3;1H,(H,2,3). The fraction of sp³-hybridized carbons (Fsp3) is 0.700. The Kier molecular flexibility index (Phi) is 6.81. The second-order valence-corrected chi connectivity index (χ2v) is 3.47. The summed E-state index contributed by atoms with van der Waals surface area (Å²) in [4.78, 5) is 8.36. The van der Waals surface area contributed by atoms with Crippen molar-refractivity contribution in [2.24, 2.45) is 0 Å². The highest BCUT2D eigenvalue weighted by Gasteiger charge is 2.24. The van der Waals surface area contributed by atoms with Gasteiger partial charge in [-0.25, -0.2) is 0 Å². The van der Waals surface area contributed by atoms with Gasteiger partial charge in [-0.05, 0) is 32.9 Å². The number of terminal acetylenes is 1. The van der Waals surface area contributed by atoms with Crippen LogP contribution in [0.1, 0.15) is 19.8 Å². The van der Waals surface area contributed by atoms with E-state index in [4.69, 9.17) is 16.3 Å². The molecule has 4 nitrogen and oxygen atoms in total. The number of carboxylic acid groups (broad SMARTS) is 1. The first-order valence-electron chi connectivity index (χ1n) is 4.65. The summed E-state index contributed by atoms with van der Waals surface area (Å²) in [6.45, 7) is 4.89. The molecule has 0 radical (unpaired) electrons. The average molecular weight is 198 g/mol. The van der Waals surface area contributed by atoms with E-state index in [2.05, 4.69) is 23.5 Å². The van der Waals surface area contributed by atoms with Crippen LogP contribution in [-0.2, 0) is 4.79 Å². The van der Waals surface area contributed by atoms with E-state index in [-0.39, 0.29) is 12.0 Å². The van der Waals surface area contributed by atoms with Crippen LogP contribution in [-0.4, -0.2) is 36.8 Å². The molecular formula is C10H18N2O2. The summed E-state index contributed by atoms with van der Waals surface area (Å²) < 4.78 is 0. The lowest BCUT2D eigenvalue weighted by Crippen LogP contribution is -2.50. The minimum atomic E-state index is -0.250. The van der Waals surface area contributed by atoms with Crippen molar-refractivity contribution < 1.29 is 9.90 Å². The fourth-order valence-corrected chi connectivity index (χ4v) is 1.42. The summed E-state index contributed by atoms with van der Waals surface area (Å²) in [5.41, 5.74) is 0.275. The van der Waals surface area contributed by atoms with E-state index in [0.29, 0.717) is 6.54 Å². The Morgan fingerprint density at radius 1 is 1.64 bits per heavy atom. The van der Waals surface area contributed by atoms with Crippen LogP contribution in [0.15, 0.2) is 0 Å². The van der Waals surface area contributed by atoms with E-state index in [1.54, 1.807) is 0 Å².